The molecule has 0 aliphatic heterocycles. The summed E-state index contributed by atoms with van der Waals surface area (Å²) in [5, 5.41) is 10.1. The number of rotatable bonds is 3. The lowest BCUT2D eigenvalue weighted by molar-refractivity contribution is 1.18. The molecule has 0 spiro atoms. The minimum atomic E-state index is 1.17. The van der Waals surface area contributed by atoms with Gasteiger partial charge in [-0.3, -0.25) is 0 Å². The van der Waals surface area contributed by atoms with Crippen LogP contribution in [-0.2, 0) is 0 Å². The van der Waals surface area contributed by atoms with Crippen molar-refractivity contribution in [1.82, 2.24) is 9.13 Å². The number of nitrogens with zero attached hydrogens (tertiary/aromatic N) is 2. The molecule has 46 heavy (non-hydrogen) atoms. The van der Waals surface area contributed by atoms with E-state index in [4.69, 9.17) is 0 Å². The van der Waals surface area contributed by atoms with Gasteiger partial charge in [0.2, 0.25) is 0 Å². The molecular weight excluding hydrogens is 556 g/mol. The molecule has 2 nitrogen and oxygen atoms in total. The quantitative estimate of drug-likeness (QED) is 0.183. The smallest absolute Gasteiger partial charge is 0.0641 e. The molecule has 2 aromatic heterocycles. The Morgan fingerprint density at radius 2 is 0.978 bits per heavy atom. The van der Waals surface area contributed by atoms with Crippen molar-refractivity contribution in [2.45, 2.75) is 0 Å². The van der Waals surface area contributed by atoms with Gasteiger partial charge in [0.1, 0.15) is 0 Å². The molecule has 8 aromatic carbocycles. The molecule has 2 heteroatoms. The summed E-state index contributed by atoms with van der Waals surface area (Å²) in [6.07, 6.45) is 0. The van der Waals surface area contributed by atoms with Gasteiger partial charge >= 0.3 is 0 Å². The van der Waals surface area contributed by atoms with E-state index in [0.717, 1.165) is 0 Å². The SMILES string of the molecule is c1ccc(-c2ccccc2-n2c3ccccc3c3c2ccc2c4ccccc4n(-c4ccc5ccc6ccccc6c5c4)c23)cc1. The molecule has 2 heterocycles. The van der Waals surface area contributed by atoms with Crippen LogP contribution in [0.1, 0.15) is 0 Å². The van der Waals surface area contributed by atoms with Crippen molar-refractivity contribution < 1.29 is 0 Å². The summed E-state index contributed by atoms with van der Waals surface area (Å²) in [6, 6.07) is 62.0. The number of hydrogen-bond donors (Lipinski definition) is 0. The van der Waals surface area contributed by atoms with Gasteiger partial charge < -0.3 is 9.13 Å². The van der Waals surface area contributed by atoms with Gasteiger partial charge in [0, 0.05) is 32.8 Å². The van der Waals surface area contributed by atoms with Crippen molar-refractivity contribution in [3.63, 3.8) is 0 Å². The zero-order valence-corrected chi connectivity index (χ0v) is 25.1. The van der Waals surface area contributed by atoms with E-state index in [1.54, 1.807) is 0 Å². The molecule has 0 saturated carbocycles. The summed E-state index contributed by atoms with van der Waals surface area (Å²) in [4.78, 5) is 0. The fourth-order valence-electron chi connectivity index (χ4n) is 7.70. The highest BCUT2D eigenvalue weighted by Gasteiger charge is 2.22. The van der Waals surface area contributed by atoms with E-state index in [1.165, 1.54) is 87.7 Å². The Balaban J connectivity index is 1.37. The summed E-state index contributed by atoms with van der Waals surface area (Å²) in [6.45, 7) is 0. The lowest BCUT2D eigenvalue weighted by Gasteiger charge is -2.14. The second-order valence-electron chi connectivity index (χ2n) is 12.1. The van der Waals surface area contributed by atoms with E-state index in [0.29, 0.717) is 0 Å². The second kappa shape index (κ2) is 9.69. The van der Waals surface area contributed by atoms with Gasteiger partial charge in [0.05, 0.1) is 27.8 Å². The normalized spacial score (nSPS) is 11.9. The van der Waals surface area contributed by atoms with Crippen molar-refractivity contribution >= 4 is 65.2 Å². The zero-order chi connectivity index (χ0) is 30.2. The van der Waals surface area contributed by atoms with Crippen molar-refractivity contribution in [3.05, 3.63) is 170 Å². The number of benzene rings is 8. The predicted octanol–water partition coefficient (Wildman–Crippen LogP) is 11.9. The van der Waals surface area contributed by atoms with Crippen LogP contribution in [0.25, 0.3) is 87.7 Å². The summed E-state index contributed by atoms with van der Waals surface area (Å²) in [5.41, 5.74) is 9.64. The van der Waals surface area contributed by atoms with E-state index in [2.05, 4.69) is 179 Å². The fourth-order valence-corrected chi connectivity index (χ4v) is 7.70. The standard InChI is InChI=1S/C44H28N2/c1-2-12-29(13-3-1)34-16-6-9-19-39(34)46-41-21-11-8-18-37(41)43-42(46)27-26-36-35-17-7-10-20-40(35)45(44(36)43)32-25-24-31-23-22-30-14-4-5-15-33(30)38(31)28-32/h1-28H. The van der Waals surface area contributed by atoms with Crippen molar-refractivity contribution in [1.29, 1.82) is 0 Å². The van der Waals surface area contributed by atoms with E-state index in [-0.39, 0.29) is 0 Å². The van der Waals surface area contributed by atoms with E-state index >= 15 is 0 Å². The molecule has 0 unspecified atom stereocenters. The first-order valence-corrected chi connectivity index (χ1v) is 15.9. The van der Waals surface area contributed by atoms with Crippen LogP contribution in [0.4, 0.5) is 0 Å². The van der Waals surface area contributed by atoms with E-state index in [1.807, 2.05) is 0 Å². The van der Waals surface area contributed by atoms with Crippen LogP contribution >= 0.6 is 0 Å². The van der Waals surface area contributed by atoms with E-state index in [9.17, 15) is 0 Å². The van der Waals surface area contributed by atoms with Gasteiger partial charge in [-0.25, -0.2) is 0 Å². The van der Waals surface area contributed by atoms with Crippen LogP contribution in [0.3, 0.4) is 0 Å². The van der Waals surface area contributed by atoms with Crippen LogP contribution < -0.4 is 0 Å². The Kier molecular flexibility index (Phi) is 5.31. The first-order chi connectivity index (χ1) is 22.8. The average molecular weight is 585 g/mol. The maximum absolute atomic E-state index is 2.49. The van der Waals surface area contributed by atoms with Crippen LogP contribution in [0, 0.1) is 0 Å². The molecule has 0 fully saturated rings. The zero-order valence-electron chi connectivity index (χ0n) is 25.1. The number of hydrogen-bond acceptors (Lipinski definition) is 0. The van der Waals surface area contributed by atoms with Gasteiger partial charge in [-0.05, 0) is 63.5 Å². The summed E-state index contributed by atoms with van der Waals surface area (Å²) in [5.74, 6) is 0. The molecule has 0 aliphatic rings. The molecule has 10 aromatic rings. The lowest BCUT2D eigenvalue weighted by Crippen LogP contribution is -1.97. The predicted molar refractivity (Wildman–Crippen MR) is 196 cm³/mol. The Morgan fingerprint density at radius 1 is 0.348 bits per heavy atom. The molecule has 0 N–H and O–H groups in total. The molecule has 0 aliphatic carbocycles. The van der Waals surface area contributed by atoms with E-state index < -0.39 is 0 Å². The minimum Gasteiger partial charge on any atom is -0.309 e. The number of fused-ring (bicyclic) bond motifs is 10. The monoisotopic (exact) mass is 584 g/mol. The van der Waals surface area contributed by atoms with Gasteiger partial charge in [-0.15, -0.1) is 0 Å². The van der Waals surface area contributed by atoms with Gasteiger partial charge in [-0.2, -0.15) is 0 Å². The highest BCUT2D eigenvalue weighted by molar-refractivity contribution is 6.26. The van der Waals surface area contributed by atoms with Gasteiger partial charge in [0.15, 0.2) is 0 Å². The summed E-state index contributed by atoms with van der Waals surface area (Å²) in [7, 11) is 0. The molecule has 214 valence electrons. The average Bonchev–Trinajstić information content (AvgIpc) is 3.65. The highest BCUT2D eigenvalue weighted by Crippen LogP contribution is 2.43. The van der Waals surface area contributed by atoms with Crippen LogP contribution in [-0.4, -0.2) is 9.13 Å². The molecule has 0 atom stereocenters. The Labute approximate surface area is 266 Å². The second-order valence-corrected chi connectivity index (χ2v) is 12.1. The van der Waals surface area contributed by atoms with Crippen LogP contribution in [0.15, 0.2) is 170 Å². The molecule has 0 radical (unpaired) electrons. The summed E-state index contributed by atoms with van der Waals surface area (Å²) >= 11 is 0. The van der Waals surface area contributed by atoms with Crippen molar-refractivity contribution in [2.24, 2.45) is 0 Å². The third-order valence-corrected chi connectivity index (χ3v) is 9.69. The highest BCUT2D eigenvalue weighted by atomic mass is 15.0. The number of para-hydroxylation sites is 3. The fraction of sp³-hybridized carbons (Fsp3) is 0. The van der Waals surface area contributed by atoms with Crippen LogP contribution in [0.5, 0.6) is 0 Å². The Morgan fingerprint density at radius 3 is 1.83 bits per heavy atom. The minimum absolute atomic E-state index is 1.17. The Bertz CT molecular complexity index is 2800. The first kappa shape index (κ1) is 25.2. The van der Waals surface area contributed by atoms with Gasteiger partial charge in [-0.1, -0.05) is 133 Å². The molecule has 0 saturated heterocycles. The maximum atomic E-state index is 2.49. The topological polar surface area (TPSA) is 9.86 Å². The third kappa shape index (κ3) is 3.53. The molecule has 0 amide bonds. The van der Waals surface area contributed by atoms with Crippen molar-refractivity contribution in [3.8, 4) is 22.5 Å². The number of aromatic nitrogens is 2. The summed E-state index contributed by atoms with van der Waals surface area (Å²) < 4.78 is 4.95. The molecule has 10 rings (SSSR count). The molecule has 0 bridgehead atoms. The maximum Gasteiger partial charge on any atom is 0.0641 e. The third-order valence-electron chi connectivity index (χ3n) is 9.69. The Hall–Kier alpha value is -6.12. The largest absolute Gasteiger partial charge is 0.309 e. The lowest BCUT2D eigenvalue weighted by atomic mass is 10.0. The van der Waals surface area contributed by atoms with Gasteiger partial charge in [0.25, 0.3) is 0 Å². The first-order valence-electron chi connectivity index (χ1n) is 15.9. The van der Waals surface area contributed by atoms with Crippen molar-refractivity contribution in [2.75, 3.05) is 0 Å². The molecular formula is C44H28N2. The van der Waals surface area contributed by atoms with Crippen LogP contribution in [0.2, 0.25) is 0 Å².